The molecule has 1 aromatic carbocycles. The van der Waals surface area contributed by atoms with Crippen LogP contribution >= 0.6 is 0 Å². The molecular formula is C20H29N3O6S. The van der Waals surface area contributed by atoms with Gasteiger partial charge >= 0.3 is 0 Å². The van der Waals surface area contributed by atoms with Crippen molar-refractivity contribution in [3.05, 3.63) is 28.3 Å². The van der Waals surface area contributed by atoms with Gasteiger partial charge in [0.25, 0.3) is 5.69 Å². The first-order chi connectivity index (χ1) is 14.4. The molecule has 0 amide bonds. The summed E-state index contributed by atoms with van der Waals surface area (Å²) >= 11 is 0. The minimum absolute atomic E-state index is 0.0110. The maximum atomic E-state index is 13.1. The first-order valence-electron chi connectivity index (χ1n) is 10.6. The number of nitrogens with zero attached hydrogens (tertiary/aromatic N) is 3. The molecule has 10 heteroatoms. The van der Waals surface area contributed by atoms with Crippen molar-refractivity contribution in [1.29, 1.82) is 0 Å². The fourth-order valence-electron chi connectivity index (χ4n) is 4.69. The van der Waals surface area contributed by atoms with Crippen LogP contribution in [0.1, 0.15) is 32.6 Å². The molecule has 9 nitrogen and oxygen atoms in total. The standard InChI is InChI=1S/C20H29N3O6S/c1-15-4-2-9-22(13-15)30(26,27)17-6-7-18(19(12-17)23(24)25)21-8-3-5-16(14-21)20-28-10-11-29-20/h6-7,12,15-16,20H,2-5,8-11,13-14H2,1H3/t15-,16-/m0/s1. The second-order valence-electron chi connectivity index (χ2n) is 8.48. The van der Waals surface area contributed by atoms with Gasteiger partial charge in [-0.3, -0.25) is 10.1 Å². The third-order valence-corrected chi connectivity index (χ3v) is 8.09. The van der Waals surface area contributed by atoms with Gasteiger partial charge in [-0.25, -0.2) is 8.42 Å². The Balaban J connectivity index is 1.60. The molecule has 3 aliphatic rings. The first-order valence-corrected chi connectivity index (χ1v) is 12.1. The van der Waals surface area contributed by atoms with Gasteiger partial charge in [0.2, 0.25) is 10.0 Å². The number of ether oxygens (including phenoxy) is 2. The van der Waals surface area contributed by atoms with E-state index in [0.717, 1.165) is 25.7 Å². The summed E-state index contributed by atoms with van der Waals surface area (Å²) in [5.74, 6) is 0.423. The minimum atomic E-state index is -3.75. The average Bonchev–Trinajstić information content (AvgIpc) is 3.28. The highest BCUT2D eigenvalue weighted by Crippen LogP contribution is 2.36. The van der Waals surface area contributed by atoms with Gasteiger partial charge in [0.15, 0.2) is 6.29 Å². The van der Waals surface area contributed by atoms with Crippen LogP contribution in [0.2, 0.25) is 0 Å². The summed E-state index contributed by atoms with van der Waals surface area (Å²) < 4.78 is 38.9. The molecule has 0 radical (unpaired) electrons. The monoisotopic (exact) mass is 439 g/mol. The van der Waals surface area contributed by atoms with Gasteiger partial charge in [0, 0.05) is 38.2 Å². The van der Waals surface area contributed by atoms with Crippen LogP contribution < -0.4 is 4.90 Å². The Kier molecular flexibility index (Phi) is 6.29. The van der Waals surface area contributed by atoms with Gasteiger partial charge in [-0.1, -0.05) is 6.92 Å². The van der Waals surface area contributed by atoms with Crippen molar-refractivity contribution < 1.29 is 22.8 Å². The predicted molar refractivity (Wildman–Crippen MR) is 111 cm³/mol. The van der Waals surface area contributed by atoms with E-state index >= 15 is 0 Å². The highest BCUT2D eigenvalue weighted by Gasteiger charge is 2.35. The van der Waals surface area contributed by atoms with Crippen LogP contribution in [0.4, 0.5) is 11.4 Å². The number of anilines is 1. The summed E-state index contributed by atoms with van der Waals surface area (Å²) in [4.78, 5) is 13.3. The smallest absolute Gasteiger partial charge is 0.293 e. The lowest BCUT2D eigenvalue weighted by Crippen LogP contribution is -2.41. The van der Waals surface area contributed by atoms with Crippen LogP contribution in [0.25, 0.3) is 0 Å². The van der Waals surface area contributed by atoms with E-state index in [0.29, 0.717) is 45.1 Å². The lowest BCUT2D eigenvalue weighted by atomic mass is 9.96. The van der Waals surface area contributed by atoms with E-state index in [9.17, 15) is 18.5 Å². The first kappa shape index (κ1) is 21.5. The maximum absolute atomic E-state index is 13.1. The van der Waals surface area contributed by atoms with E-state index in [2.05, 4.69) is 0 Å². The highest BCUT2D eigenvalue weighted by atomic mass is 32.2. The van der Waals surface area contributed by atoms with Crippen LogP contribution in [0, 0.1) is 22.0 Å². The fourth-order valence-corrected chi connectivity index (χ4v) is 6.31. The molecule has 0 saturated carbocycles. The summed E-state index contributed by atoms with van der Waals surface area (Å²) in [6, 6.07) is 4.30. The number of rotatable bonds is 5. The molecule has 0 unspecified atom stereocenters. The second kappa shape index (κ2) is 8.78. The van der Waals surface area contributed by atoms with Crippen molar-refractivity contribution in [2.45, 2.75) is 43.8 Å². The molecule has 3 saturated heterocycles. The van der Waals surface area contributed by atoms with E-state index in [1.165, 1.54) is 16.4 Å². The number of nitro benzene ring substituents is 1. The van der Waals surface area contributed by atoms with Crippen molar-refractivity contribution in [2.75, 3.05) is 44.3 Å². The molecule has 4 rings (SSSR count). The summed E-state index contributed by atoms with van der Waals surface area (Å²) in [6.45, 7) is 5.34. The van der Waals surface area contributed by atoms with E-state index in [1.54, 1.807) is 6.07 Å². The van der Waals surface area contributed by atoms with Crippen molar-refractivity contribution in [2.24, 2.45) is 11.8 Å². The van der Waals surface area contributed by atoms with Gasteiger partial charge in [-0.05, 0) is 43.7 Å². The van der Waals surface area contributed by atoms with Crippen molar-refractivity contribution >= 4 is 21.4 Å². The molecule has 166 valence electrons. The summed E-state index contributed by atoms with van der Waals surface area (Å²) in [5, 5.41) is 11.8. The zero-order chi connectivity index (χ0) is 21.3. The lowest BCUT2D eigenvalue weighted by molar-refractivity contribution is -0.384. The van der Waals surface area contributed by atoms with E-state index in [4.69, 9.17) is 9.47 Å². The number of hydrogen-bond donors (Lipinski definition) is 0. The van der Waals surface area contributed by atoms with Crippen LogP contribution in [0.15, 0.2) is 23.1 Å². The average molecular weight is 440 g/mol. The number of nitro groups is 1. The van der Waals surface area contributed by atoms with Gasteiger partial charge in [-0.15, -0.1) is 0 Å². The zero-order valence-corrected chi connectivity index (χ0v) is 18.1. The van der Waals surface area contributed by atoms with E-state index < -0.39 is 14.9 Å². The molecule has 3 aliphatic heterocycles. The third-order valence-electron chi connectivity index (χ3n) is 6.23. The predicted octanol–water partition coefficient (Wildman–Crippen LogP) is 2.60. The SMILES string of the molecule is C[C@H]1CCCN(S(=O)(=O)c2ccc(N3CCC[C@H](C4OCCO4)C3)c([N+](=O)[O-])c2)C1. The van der Waals surface area contributed by atoms with E-state index in [-0.39, 0.29) is 28.7 Å². The molecule has 0 N–H and O–H groups in total. The lowest BCUT2D eigenvalue weighted by Gasteiger charge is -2.36. The largest absolute Gasteiger partial charge is 0.366 e. The van der Waals surface area contributed by atoms with Crippen LogP contribution in [-0.2, 0) is 19.5 Å². The molecule has 0 bridgehead atoms. The number of hydrogen-bond acceptors (Lipinski definition) is 7. The number of benzene rings is 1. The Morgan fingerprint density at radius 2 is 1.83 bits per heavy atom. The number of piperidine rings is 2. The second-order valence-corrected chi connectivity index (χ2v) is 10.4. The summed E-state index contributed by atoms with van der Waals surface area (Å²) in [7, 11) is -3.75. The molecular weight excluding hydrogens is 410 g/mol. The summed E-state index contributed by atoms with van der Waals surface area (Å²) in [6.07, 6.45) is 3.34. The Bertz CT molecular complexity index is 887. The van der Waals surface area contributed by atoms with Crippen LogP contribution in [0.5, 0.6) is 0 Å². The van der Waals surface area contributed by atoms with Crippen molar-refractivity contribution in [3.63, 3.8) is 0 Å². The zero-order valence-electron chi connectivity index (χ0n) is 17.2. The minimum Gasteiger partial charge on any atom is -0.366 e. The molecule has 3 fully saturated rings. The molecule has 0 aliphatic carbocycles. The fraction of sp³-hybridized carbons (Fsp3) is 0.700. The van der Waals surface area contributed by atoms with Crippen molar-refractivity contribution in [3.8, 4) is 0 Å². The Morgan fingerprint density at radius 3 is 2.53 bits per heavy atom. The molecule has 1 aromatic rings. The normalized spacial score (nSPS) is 26.8. The molecule has 30 heavy (non-hydrogen) atoms. The third kappa shape index (κ3) is 4.32. The van der Waals surface area contributed by atoms with Crippen LogP contribution in [0.3, 0.4) is 0 Å². The Labute approximate surface area is 177 Å². The molecule has 0 aromatic heterocycles. The maximum Gasteiger partial charge on any atom is 0.293 e. The van der Waals surface area contributed by atoms with Gasteiger partial charge < -0.3 is 14.4 Å². The van der Waals surface area contributed by atoms with E-state index in [1.807, 2.05) is 11.8 Å². The van der Waals surface area contributed by atoms with Gasteiger partial charge in [0.05, 0.1) is 23.0 Å². The Morgan fingerprint density at radius 1 is 1.10 bits per heavy atom. The number of sulfonamides is 1. The van der Waals surface area contributed by atoms with Gasteiger partial charge in [0.1, 0.15) is 5.69 Å². The van der Waals surface area contributed by atoms with Gasteiger partial charge in [-0.2, -0.15) is 4.31 Å². The quantitative estimate of drug-likeness (QED) is 0.513. The highest BCUT2D eigenvalue weighted by molar-refractivity contribution is 7.89. The molecule has 0 spiro atoms. The molecule has 2 atom stereocenters. The van der Waals surface area contributed by atoms with Crippen molar-refractivity contribution in [1.82, 2.24) is 4.31 Å². The Hall–Kier alpha value is -1.75. The summed E-state index contributed by atoms with van der Waals surface area (Å²) in [5.41, 5.74) is 0.281. The topological polar surface area (TPSA) is 102 Å². The van der Waals surface area contributed by atoms with Crippen LogP contribution in [-0.4, -0.2) is 63.3 Å². The molecule has 3 heterocycles.